The molecule has 1 N–H and O–H groups in total. The van der Waals surface area contributed by atoms with Gasteiger partial charge in [0.1, 0.15) is 0 Å². The Morgan fingerprint density at radius 3 is 2.75 bits per heavy atom. The number of ketones is 1. The topological polar surface area (TPSA) is 29.1 Å². The molecule has 2 fully saturated rings. The van der Waals surface area contributed by atoms with Crippen LogP contribution in [0.15, 0.2) is 11.8 Å². The number of hydrogen-bond donors (Lipinski definition) is 1. The van der Waals surface area contributed by atoms with Gasteiger partial charge in [0.15, 0.2) is 5.78 Å². The van der Waals surface area contributed by atoms with E-state index in [2.05, 4.69) is 12.2 Å². The van der Waals surface area contributed by atoms with Crippen molar-refractivity contribution in [2.75, 3.05) is 0 Å². The van der Waals surface area contributed by atoms with Crippen molar-refractivity contribution in [2.24, 2.45) is 17.8 Å². The molecule has 0 spiro atoms. The number of carbonyl (C=O) groups is 1. The molecule has 0 amide bonds. The van der Waals surface area contributed by atoms with E-state index in [0.717, 1.165) is 24.2 Å². The number of nitrogens with one attached hydrogen (secondary N) is 1. The maximum atomic E-state index is 11.2. The average Bonchev–Trinajstić information content (AvgIpc) is 2.93. The highest BCUT2D eigenvalue weighted by atomic mass is 16.1. The van der Waals surface area contributed by atoms with Crippen LogP contribution in [-0.2, 0) is 4.79 Å². The third-order valence-corrected chi connectivity index (χ3v) is 4.82. The lowest BCUT2D eigenvalue weighted by Gasteiger charge is -2.29. The predicted octanol–water partition coefficient (Wildman–Crippen LogP) is 2.65. The SMILES string of the molecule is CC(NC1=CC(=O)CC1)C1CC2CCC1C2. The summed E-state index contributed by atoms with van der Waals surface area (Å²) in [6.07, 6.45) is 9.25. The highest BCUT2D eigenvalue weighted by Crippen LogP contribution is 2.49. The molecule has 0 radical (unpaired) electrons. The Kier molecular flexibility index (Phi) is 2.53. The van der Waals surface area contributed by atoms with Crippen molar-refractivity contribution in [3.8, 4) is 0 Å². The molecule has 2 bridgehead atoms. The summed E-state index contributed by atoms with van der Waals surface area (Å²) in [5.74, 6) is 3.13. The normalized spacial score (nSPS) is 38.9. The first-order chi connectivity index (χ1) is 7.72. The molecule has 0 heterocycles. The quantitative estimate of drug-likeness (QED) is 0.790. The van der Waals surface area contributed by atoms with Crippen LogP contribution in [0.2, 0.25) is 0 Å². The molecule has 2 heteroatoms. The molecular weight excluding hydrogens is 198 g/mol. The number of fused-ring (bicyclic) bond motifs is 2. The Bertz CT molecular complexity index is 334. The minimum atomic E-state index is 0.294. The second-order valence-electron chi connectivity index (χ2n) is 5.91. The van der Waals surface area contributed by atoms with Gasteiger partial charge in [0, 0.05) is 24.2 Å². The van der Waals surface area contributed by atoms with Gasteiger partial charge in [-0.25, -0.2) is 0 Å². The zero-order valence-electron chi connectivity index (χ0n) is 10.0. The van der Waals surface area contributed by atoms with E-state index in [0.29, 0.717) is 18.2 Å². The minimum absolute atomic E-state index is 0.294. The second-order valence-corrected chi connectivity index (χ2v) is 5.91. The third-order valence-electron chi connectivity index (χ3n) is 4.82. The molecule has 16 heavy (non-hydrogen) atoms. The monoisotopic (exact) mass is 219 g/mol. The summed E-state index contributed by atoms with van der Waals surface area (Å²) >= 11 is 0. The molecule has 3 rings (SSSR count). The van der Waals surface area contributed by atoms with Gasteiger partial charge in [0.2, 0.25) is 0 Å². The first-order valence-electron chi connectivity index (χ1n) is 6.72. The molecule has 0 aromatic carbocycles. The minimum Gasteiger partial charge on any atom is -0.385 e. The molecule has 88 valence electrons. The lowest BCUT2D eigenvalue weighted by Crippen LogP contribution is -2.35. The largest absolute Gasteiger partial charge is 0.385 e. The van der Waals surface area contributed by atoms with E-state index >= 15 is 0 Å². The van der Waals surface area contributed by atoms with Crippen molar-refractivity contribution >= 4 is 5.78 Å². The molecule has 2 saturated carbocycles. The van der Waals surface area contributed by atoms with E-state index in [1.807, 2.05) is 6.08 Å². The standard InChI is InChI=1S/C14H21NO/c1-9(15-12-4-5-13(16)8-12)14-7-10-2-3-11(14)6-10/h8-11,14-15H,2-7H2,1H3. The van der Waals surface area contributed by atoms with Crippen LogP contribution in [0.4, 0.5) is 0 Å². The van der Waals surface area contributed by atoms with E-state index in [1.165, 1.54) is 31.4 Å². The van der Waals surface area contributed by atoms with E-state index in [1.54, 1.807) is 0 Å². The zero-order valence-corrected chi connectivity index (χ0v) is 10.0. The van der Waals surface area contributed by atoms with Crippen molar-refractivity contribution in [3.05, 3.63) is 11.8 Å². The van der Waals surface area contributed by atoms with Gasteiger partial charge in [-0.1, -0.05) is 6.42 Å². The summed E-state index contributed by atoms with van der Waals surface area (Å²) in [7, 11) is 0. The van der Waals surface area contributed by atoms with Crippen molar-refractivity contribution in [2.45, 2.75) is 51.5 Å². The molecule has 0 aromatic rings. The van der Waals surface area contributed by atoms with Crippen molar-refractivity contribution < 1.29 is 4.79 Å². The van der Waals surface area contributed by atoms with Crippen LogP contribution in [0.3, 0.4) is 0 Å². The van der Waals surface area contributed by atoms with Crippen LogP contribution in [-0.4, -0.2) is 11.8 Å². The van der Waals surface area contributed by atoms with Gasteiger partial charge in [-0.2, -0.15) is 0 Å². The maximum absolute atomic E-state index is 11.2. The van der Waals surface area contributed by atoms with Crippen LogP contribution in [0.1, 0.15) is 45.4 Å². The van der Waals surface area contributed by atoms with Gasteiger partial charge in [-0.15, -0.1) is 0 Å². The Hall–Kier alpha value is -0.790. The molecule has 4 atom stereocenters. The Morgan fingerprint density at radius 1 is 1.31 bits per heavy atom. The van der Waals surface area contributed by atoms with Crippen LogP contribution < -0.4 is 5.32 Å². The third kappa shape index (κ3) is 1.79. The van der Waals surface area contributed by atoms with E-state index in [9.17, 15) is 4.79 Å². The number of rotatable bonds is 3. The number of hydrogen-bond acceptors (Lipinski definition) is 2. The van der Waals surface area contributed by atoms with Gasteiger partial charge < -0.3 is 5.32 Å². The average molecular weight is 219 g/mol. The first-order valence-corrected chi connectivity index (χ1v) is 6.72. The van der Waals surface area contributed by atoms with E-state index in [4.69, 9.17) is 0 Å². The van der Waals surface area contributed by atoms with Gasteiger partial charge in [-0.3, -0.25) is 4.79 Å². The van der Waals surface area contributed by atoms with Crippen molar-refractivity contribution in [3.63, 3.8) is 0 Å². The van der Waals surface area contributed by atoms with Crippen molar-refractivity contribution in [1.82, 2.24) is 5.32 Å². The van der Waals surface area contributed by atoms with Crippen molar-refractivity contribution in [1.29, 1.82) is 0 Å². The highest BCUT2D eigenvalue weighted by Gasteiger charge is 2.41. The molecule has 0 aromatic heterocycles. The van der Waals surface area contributed by atoms with Gasteiger partial charge in [0.05, 0.1) is 0 Å². The number of allylic oxidation sites excluding steroid dienone is 2. The van der Waals surface area contributed by atoms with E-state index in [-0.39, 0.29) is 0 Å². The fourth-order valence-corrected chi connectivity index (χ4v) is 4.02. The lowest BCUT2D eigenvalue weighted by molar-refractivity contribution is -0.114. The molecule has 3 aliphatic carbocycles. The van der Waals surface area contributed by atoms with Gasteiger partial charge >= 0.3 is 0 Å². The Morgan fingerprint density at radius 2 is 2.19 bits per heavy atom. The molecule has 2 nitrogen and oxygen atoms in total. The molecule has 3 aliphatic rings. The zero-order chi connectivity index (χ0) is 11.1. The fraction of sp³-hybridized carbons (Fsp3) is 0.786. The van der Waals surface area contributed by atoms with Gasteiger partial charge in [0.25, 0.3) is 0 Å². The number of carbonyl (C=O) groups excluding carboxylic acids is 1. The predicted molar refractivity (Wildman–Crippen MR) is 63.9 cm³/mol. The summed E-state index contributed by atoms with van der Waals surface area (Å²) in [6, 6.07) is 0.562. The smallest absolute Gasteiger partial charge is 0.157 e. The lowest BCUT2D eigenvalue weighted by atomic mass is 9.84. The van der Waals surface area contributed by atoms with Crippen LogP contribution in [0, 0.1) is 17.8 Å². The molecular formula is C14H21NO. The van der Waals surface area contributed by atoms with Crippen LogP contribution in [0.25, 0.3) is 0 Å². The second kappa shape index (κ2) is 3.90. The highest BCUT2D eigenvalue weighted by molar-refractivity contribution is 5.92. The Balaban J connectivity index is 1.59. The molecule has 0 saturated heterocycles. The van der Waals surface area contributed by atoms with E-state index < -0.39 is 0 Å². The molecule has 4 unspecified atom stereocenters. The Labute approximate surface area is 97.5 Å². The summed E-state index contributed by atoms with van der Waals surface area (Å²) < 4.78 is 0. The maximum Gasteiger partial charge on any atom is 0.157 e. The summed E-state index contributed by atoms with van der Waals surface area (Å²) in [5.41, 5.74) is 1.18. The van der Waals surface area contributed by atoms with Crippen LogP contribution >= 0.6 is 0 Å². The summed E-state index contributed by atoms with van der Waals surface area (Å²) in [4.78, 5) is 11.2. The fourth-order valence-electron chi connectivity index (χ4n) is 4.02. The summed E-state index contributed by atoms with van der Waals surface area (Å²) in [6.45, 7) is 2.30. The van der Waals surface area contributed by atoms with Crippen LogP contribution in [0.5, 0.6) is 0 Å². The molecule has 0 aliphatic heterocycles. The van der Waals surface area contributed by atoms with Gasteiger partial charge in [-0.05, 0) is 50.4 Å². The summed E-state index contributed by atoms with van der Waals surface area (Å²) in [5, 5.41) is 3.58. The first kappa shape index (κ1) is 10.4.